The zero-order valence-electron chi connectivity index (χ0n) is 12.1. The van der Waals surface area contributed by atoms with Crippen LogP contribution >= 0.6 is 0 Å². The molecule has 0 fully saturated rings. The first-order valence-corrected chi connectivity index (χ1v) is 6.82. The maximum Gasteiger partial charge on any atom is 0.109 e. The molecule has 3 rings (SSSR count). The summed E-state index contributed by atoms with van der Waals surface area (Å²) in [5.74, 6) is 1.08. The van der Waals surface area contributed by atoms with Crippen molar-refractivity contribution in [2.75, 3.05) is 5.73 Å². The van der Waals surface area contributed by atoms with Crippen molar-refractivity contribution in [2.24, 2.45) is 7.05 Å². The summed E-state index contributed by atoms with van der Waals surface area (Å²) in [5, 5.41) is 4.40. The molecule has 0 saturated carbocycles. The van der Waals surface area contributed by atoms with Crippen LogP contribution in [0.2, 0.25) is 0 Å². The number of anilines is 1. The fourth-order valence-electron chi connectivity index (χ4n) is 2.62. The van der Waals surface area contributed by atoms with Crippen molar-refractivity contribution in [1.29, 1.82) is 0 Å². The maximum atomic E-state index is 5.84. The largest absolute Gasteiger partial charge is 0.399 e. The number of fused-ring (bicyclic) bond motifs is 1. The van der Waals surface area contributed by atoms with Crippen molar-refractivity contribution in [1.82, 2.24) is 19.3 Å². The molecule has 0 aliphatic heterocycles. The van der Waals surface area contributed by atoms with E-state index in [0.717, 1.165) is 41.2 Å². The Morgan fingerprint density at radius 2 is 2.10 bits per heavy atom. The highest BCUT2D eigenvalue weighted by molar-refractivity contribution is 5.79. The second-order valence-corrected chi connectivity index (χ2v) is 5.13. The minimum atomic E-state index is 0.752. The quantitative estimate of drug-likeness (QED) is 0.742. The minimum absolute atomic E-state index is 0.752. The number of aryl methyl sites for hydroxylation is 3. The number of hydrogen-bond acceptors (Lipinski definition) is 3. The van der Waals surface area contributed by atoms with Crippen molar-refractivity contribution in [3.63, 3.8) is 0 Å². The van der Waals surface area contributed by atoms with Crippen molar-refractivity contribution in [2.45, 2.75) is 26.8 Å². The van der Waals surface area contributed by atoms with Crippen molar-refractivity contribution in [3.8, 4) is 0 Å². The third kappa shape index (κ3) is 2.05. The molecule has 0 saturated heterocycles. The highest BCUT2D eigenvalue weighted by Crippen LogP contribution is 2.21. The predicted molar refractivity (Wildman–Crippen MR) is 80.6 cm³/mol. The number of rotatable bonds is 3. The zero-order valence-corrected chi connectivity index (χ0v) is 12.1. The Balaban J connectivity index is 2.12. The number of aromatic nitrogens is 4. The third-order valence-corrected chi connectivity index (χ3v) is 3.61. The first-order chi connectivity index (χ1) is 9.58. The maximum absolute atomic E-state index is 5.84. The van der Waals surface area contributed by atoms with Gasteiger partial charge in [-0.25, -0.2) is 4.98 Å². The molecule has 0 aliphatic carbocycles. The van der Waals surface area contributed by atoms with Gasteiger partial charge in [0.1, 0.15) is 5.82 Å². The van der Waals surface area contributed by atoms with Crippen LogP contribution in [0.4, 0.5) is 5.69 Å². The van der Waals surface area contributed by atoms with Crippen LogP contribution < -0.4 is 5.73 Å². The van der Waals surface area contributed by atoms with Gasteiger partial charge in [0.05, 0.1) is 23.3 Å². The third-order valence-electron chi connectivity index (χ3n) is 3.61. The molecular weight excluding hydrogens is 250 g/mol. The molecule has 0 amide bonds. The summed E-state index contributed by atoms with van der Waals surface area (Å²) in [6.45, 7) is 4.96. The minimum Gasteiger partial charge on any atom is -0.399 e. The van der Waals surface area contributed by atoms with Crippen LogP contribution in [0.5, 0.6) is 0 Å². The molecular formula is C15H19N5. The average Bonchev–Trinajstić information content (AvgIpc) is 2.90. The van der Waals surface area contributed by atoms with Gasteiger partial charge in [0, 0.05) is 30.9 Å². The van der Waals surface area contributed by atoms with E-state index in [1.807, 2.05) is 36.9 Å². The Bertz CT molecular complexity index is 766. The molecule has 0 radical (unpaired) electrons. The van der Waals surface area contributed by atoms with E-state index in [4.69, 9.17) is 5.73 Å². The fraction of sp³-hybridized carbons (Fsp3) is 0.333. The van der Waals surface area contributed by atoms with Gasteiger partial charge in [-0.05, 0) is 25.1 Å². The summed E-state index contributed by atoms with van der Waals surface area (Å²) in [6, 6.07) is 5.90. The average molecular weight is 269 g/mol. The van der Waals surface area contributed by atoms with E-state index in [9.17, 15) is 0 Å². The van der Waals surface area contributed by atoms with Crippen LogP contribution in [0.3, 0.4) is 0 Å². The van der Waals surface area contributed by atoms with Crippen molar-refractivity contribution in [3.05, 3.63) is 41.5 Å². The number of imidazole rings is 1. The van der Waals surface area contributed by atoms with Gasteiger partial charge >= 0.3 is 0 Å². The number of hydrogen-bond donors (Lipinski definition) is 1. The van der Waals surface area contributed by atoms with Crippen LogP contribution in [-0.4, -0.2) is 19.3 Å². The van der Waals surface area contributed by atoms with Gasteiger partial charge in [-0.15, -0.1) is 0 Å². The smallest absolute Gasteiger partial charge is 0.109 e. The molecule has 0 bridgehead atoms. The van der Waals surface area contributed by atoms with Crippen LogP contribution in [0.25, 0.3) is 11.0 Å². The summed E-state index contributed by atoms with van der Waals surface area (Å²) in [6.07, 6.45) is 2.96. The van der Waals surface area contributed by atoms with E-state index in [1.165, 1.54) is 5.56 Å². The van der Waals surface area contributed by atoms with Gasteiger partial charge in [-0.2, -0.15) is 5.10 Å². The number of nitrogen functional groups attached to an aromatic ring is 1. The summed E-state index contributed by atoms with van der Waals surface area (Å²) < 4.78 is 4.10. The fourth-order valence-corrected chi connectivity index (χ4v) is 2.62. The topological polar surface area (TPSA) is 61.7 Å². The molecule has 2 heterocycles. The molecule has 0 unspecified atom stereocenters. The van der Waals surface area contributed by atoms with E-state index in [0.29, 0.717) is 0 Å². The molecule has 20 heavy (non-hydrogen) atoms. The summed E-state index contributed by atoms with van der Waals surface area (Å²) in [7, 11) is 1.95. The van der Waals surface area contributed by atoms with Gasteiger partial charge < -0.3 is 10.3 Å². The molecule has 2 aromatic heterocycles. The second kappa shape index (κ2) is 4.67. The lowest BCUT2D eigenvalue weighted by molar-refractivity contribution is 0.746. The molecule has 3 aromatic rings. The normalized spacial score (nSPS) is 11.3. The van der Waals surface area contributed by atoms with Crippen LogP contribution in [0.15, 0.2) is 24.4 Å². The molecule has 0 aliphatic rings. The van der Waals surface area contributed by atoms with Crippen molar-refractivity contribution >= 4 is 16.7 Å². The second-order valence-electron chi connectivity index (χ2n) is 5.13. The highest BCUT2D eigenvalue weighted by atomic mass is 15.3. The SMILES string of the molecule is CCc1nc2cc(N)ccc2n1Cc1cn(C)nc1C. The predicted octanol–water partition coefficient (Wildman–Crippen LogP) is 2.27. The first kappa shape index (κ1) is 12.7. The van der Waals surface area contributed by atoms with Crippen LogP contribution in [-0.2, 0) is 20.0 Å². The van der Waals surface area contributed by atoms with Gasteiger partial charge in [0.25, 0.3) is 0 Å². The van der Waals surface area contributed by atoms with Crippen molar-refractivity contribution < 1.29 is 0 Å². The molecule has 5 heteroatoms. The van der Waals surface area contributed by atoms with E-state index in [2.05, 4.69) is 27.8 Å². The van der Waals surface area contributed by atoms with Gasteiger partial charge in [-0.3, -0.25) is 4.68 Å². The Kier molecular flexibility index (Phi) is 2.97. The number of nitrogens with zero attached hydrogens (tertiary/aromatic N) is 4. The molecule has 104 valence electrons. The van der Waals surface area contributed by atoms with E-state index in [1.54, 1.807) is 0 Å². The van der Waals surface area contributed by atoms with Gasteiger partial charge in [-0.1, -0.05) is 6.92 Å². The van der Waals surface area contributed by atoms with E-state index in [-0.39, 0.29) is 0 Å². The number of benzene rings is 1. The zero-order chi connectivity index (χ0) is 14.3. The first-order valence-electron chi connectivity index (χ1n) is 6.82. The van der Waals surface area contributed by atoms with Gasteiger partial charge in [0.2, 0.25) is 0 Å². The molecule has 2 N–H and O–H groups in total. The molecule has 5 nitrogen and oxygen atoms in total. The summed E-state index contributed by atoms with van der Waals surface area (Å²) in [5.41, 5.74) is 11.0. The van der Waals surface area contributed by atoms with E-state index >= 15 is 0 Å². The van der Waals surface area contributed by atoms with E-state index < -0.39 is 0 Å². The molecule has 0 atom stereocenters. The standard InChI is InChI=1S/C15H19N5/c1-4-15-17-13-7-12(16)5-6-14(13)20(15)9-11-8-19(3)18-10(11)2/h5-8H,4,9,16H2,1-3H3. The lowest BCUT2D eigenvalue weighted by Gasteiger charge is -2.07. The monoisotopic (exact) mass is 269 g/mol. The summed E-state index contributed by atoms with van der Waals surface area (Å²) in [4.78, 5) is 4.68. The highest BCUT2D eigenvalue weighted by Gasteiger charge is 2.12. The molecule has 0 spiro atoms. The number of nitrogens with two attached hydrogens (primary N) is 1. The van der Waals surface area contributed by atoms with Gasteiger partial charge in [0.15, 0.2) is 0 Å². The van der Waals surface area contributed by atoms with Crippen LogP contribution in [0.1, 0.15) is 24.0 Å². The molecule has 1 aromatic carbocycles. The summed E-state index contributed by atoms with van der Waals surface area (Å²) >= 11 is 0. The Hall–Kier alpha value is -2.30. The lowest BCUT2D eigenvalue weighted by Crippen LogP contribution is -2.04. The Labute approximate surface area is 118 Å². The lowest BCUT2D eigenvalue weighted by atomic mass is 10.2. The Morgan fingerprint density at radius 3 is 2.75 bits per heavy atom. The Morgan fingerprint density at radius 1 is 1.30 bits per heavy atom. The van der Waals surface area contributed by atoms with Crippen LogP contribution in [0, 0.1) is 6.92 Å².